The average molecular weight is 298 g/mol. The first kappa shape index (κ1) is 16.2. The fourth-order valence-electron chi connectivity index (χ4n) is 2.33. The molecule has 1 aromatic carbocycles. The summed E-state index contributed by atoms with van der Waals surface area (Å²) in [6.07, 6.45) is 1.62. The molecule has 0 unspecified atom stereocenters. The van der Waals surface area contributed by atoms with E-state index in [0.717, 1.165) is 25.2 Å². The van der Waals surface area contributed by atoms with Crippen LogP contribution in [0.3, 0.4) is 0 Å². The molecule has 1 amide bonds. The molecule has 1 aromatic heterocycles. The van der Waals surface area contributed by atoms with E-state index in [-0.39, 0.29) is 5.91 Å². The van der Waals surface area contributed by atoms with Crippen molar-refractivity contribution in [3.05, 3.63) is 65.5 Å². The number of benzene rings is 1. The van der Waals surface area contributed by atoms with Crippen LogP contribution in [-0.4, -0.2) is 24.0 Å². The van der Waals surface area contributed by atoms with E-state index in [9.17, 15) is 4.79 Å². The Morgan fingerprint density at radius 1 is 1.05 bits per heavy atom. The van der Waals surface area contributed by atoms with Crippen molar-refractivity contribution >= 4 is 5.91 Å². The summed E-state index contributed by atoms with van der Waals surface area (Å²) in [6, 6.07) is 13.8. The van der Waals surface area contributed by atoms with E-state index in [1.807, 2.05) is 6.07 Å². The highest BCUT2D eigenvalue weighted by molar-refractivity contribution is 5.92. The van der Waals surface area contributed by atoms with Crippen LogP contribution in [-0.2, 0) is 13.1 Å². The Labute approximate surface area is 132 Å². The number of carbonyl (C=O) groups excluding carboxylic acids is 1. The summed E-state index contributed by atoms with van der Waals surface area (Å²) in [5, 5.41) is 2.89. The number of rotatable bonds is 7. The van der Waals surface area contributed by atoms with Crippen molar-refractivity contribution < 1.29 is 9.69 Å². The standard InChI is InChI=1S/C18H23N3O/c1-3-21(4-2)14-16-10-8-15(9-11-16)13-20-18(22)17-7-5-6-12-19-17/h5-12H,3-4,13-14H2,1-2H3,(H,20,22)/p+1. The second kappa shape index (κ2) is 8.29. The maximum atomic E-state index is 11.9. The topological polar surface area (TPSA) is 46.4 Å². The fraction of sp³-hybridized carbons (Fsp3) is 0.333. The first-order valence-corrected chi connectivity index (χ1v) is 7.83. The molecular formula is C18H24N3O+. The Morgan fingerprint density at radius 2 is 1.73 bits per heavy atom. The van der Waals surface area contributed by atoms with Crippen LogP contribution < -0.4 is 10.2 Å². The van der Waals surface area contributed by atoms with Gasteiger partial charge in [-0.25, -0.2) is 0 Å². The molecule has 2 aromatic rings. The van der Waals surface area contributed by atoms with E-state index >= 15 is 0 Å². The Balaban J connectivity index is 1.87. The van der Waals surface area contributed by atoms with Gasteiger partial charge in [-0.1, -0.05) is 30.3 Å². The van der Waals surface area contributed by atoms with Gasteiger partial charge in [0.2, 0.25) is 0 Å². The van der Waals surface area contributed by atoms with Gasteiger partial charge in [-0.05, 0) is 31.5 Å². The molecule has 0 saturated carbocycles. The molecule has 0 radical (unpaired) electrons. The van der Waals surface area contributed by atoms with Crippen LogP contribution >= 0.6 is 0 Å². The summed E-state index contributed by atoms with van der Waals surface area (Å²) in [5.41, 5.74) is 2.88. The quantitative estimate of drug-likeness (QED) is 0.812. The monoisotopic (exact) mass is 298 g/mol. The van der Waals surface area contributed by atoms with Gasteiger partial charge in [0.15, 0.2) is 0 Å². The molecule has 116 valence electrons. The van der Waals surface area contributed by atoms with Crippen LogP contribution in [0.1, 0.15) is 35.5 Å². The predicted octanol–water partition coefficient (Wildman–Crippen LogP) is 1.44. The van der Waals surface area contributed by atoms with Crippen LogP contribution in [0.2, 0.25) is 0 Å². The number of amides is 1. The molecule has 4 nitrogen and oxygen atoms in total. The van der Waals surface area contributed by atoms with Crippen LogP contribution in [0.25, 0.3) is 0 Å². The minimum absolute atomic E-state index is 0.141. The summed E-state index contributed by atoms with van der Waals surface area (Å²) in [7, 11) is 0. The molecule has 1 heterocycles. The zero-order valence-electron chi connectivity index (χ0n) is 13.3. The minimum atomic E-state index is -0.141. The largest absolute Gasteiger partial charge is 0.347 e. The number of nitrogens with one attached hydrogen (secondary N) is 2. The molecule has 2 N–H and O–H groups in total. The van der Waals surface area contributed by atoms with Crippen molar-refractivity contribution in [3.8, 4) is 0 Å². The van der Waals surface area contributed by atoms with E-state index in [1.54, 1.807) is 23.2 Å². The maximum Gasteiger partial charge on any atom is 0.270 e. The normalized spacial score (nSPS) is 10.7. The fourth-order valence-corrected chi connectivity index (χ4v) is 2.33. The van der Waals surface area contributed by atoms with Crippen LogP contribution in [0, 0.1) is 0 Å². The molecule has 0 aliphatic carbocycles. The van der Waals surface area contributed by atoms with Gasteiger partial charge in [0.1, 0.15) is 12.2 Å². The van der Waals surface area contributed by atoms with E-state index in [1.165, 1.54) is 5.56 Å². The number of pyridine rings is 1. The molecule has 2 rings (SSSR count). The van der Waals surface area contributed by atoms with Gasteiger partial charge in [-0.15, -0.1) is 0 Å². The third-order valence-electron chi connectivity index (χ3n) is 3.83. The van der Waals surface area contributed by atoms with Crippen molar-refractivity contribution in [2.75, 3.05) is 13.1 Å². The van der Waals surface area contributed by atoms with Gasteiger partial charge < -0.3 is 10.2 Å². The van der Waals surface area contributed by atoms with Crippen molar-refractivity contribution in [2.24, 2.45) is 0 Å². The summed E-state index contributed by atoms with van der Waals surface area (Å²) in [5.74, 6) is -0.141. The second-order valence-electron chi connectivity index (χ2n) is 5.35. The van der Waals surface area contributed by atoms with E-state index in [0.29, 0.717) is 12.2 Å². The van der Waals surface area contributed by atoms with Crippen molar-refractivity contribution in [3.63, 3.8) is 0 Å². The lowest BCUT2D eigenvalue weighted by Gasteiger charge is -2.15. The Hall–Kier alpha value is -2.20. The van der Waals surface area contributed by atoms with Gasteiger partial charge >= 0.3 is 0 Å². The second-order valence-corrected chi connectivity index (χ2v) is 5.35. The summed E-state index contributed by atoms with van der Waals surface area (Å²) in [6.45, 7) is 8.26. The van der Waals surface area contributed by atoms with Gasteiger partial charge in [0, 0.05) is 18.3 Å². The number of hydrogen-bond donors (Lipinski definition) is 2. The number of carbonyl (C=O) groups is 1. The van der Waals surface area contributed by atoms with E-state index in [2.05, 4.69) is 48.4 Å². The molecule has 0 bridgehead atoms. The smallest absolute Gasteiger partial charge is 0.270 e. The van der Waals surface area contributed by atoms with Gasteiger partial charge in [0.25, 0.3) is 5.91 Å². The summed E-state index contributed by atoms with van der Waals surface area (Å²) < 4.78 is 0. The Bertz CT molecular complexity index is 577. The number of hydrogen-bond acceptors (Lipinski definition) is 2. The SMILES string of the molecule is CC[NH+](CC)Cc1ccc(CNC(=O)c2ccccn2)cc1. The molecule has 0 atom stereocenters. The van der Waals surface area contributed by atoms with Gasteiger partial charge in [0.05, 0.1) is 13.1 Å². The molecule has 0 aliphatic rings. The van der Waals surface area contributed by atoms with Crippen molar-refractivity contribution in [1.29, 1.82) is 0 Å². The maximum absolute atomic E-state index is 11.9. The first-order valence-electron chi connectivity index (χ1n) is 7.83. The predicted molar refractivity (Wildman–Crippen MR) is 87.6 cm³/mol. The zero-order chi connectivity index (χ0) is 15.8. The van der Waals surface area contributed by atoms with Crippen LogP contribution in [0.5, 0.6) is 0 Å². The average Bonchev–Trinajstić information content (AvgIpc) is 2.59. The molecule has 0 fully saturated rings. The Morgan fingerprint density at radius 3 is 2.32 bits per heavy atom. The minimum Gasteiger partial charge on any atom is -0.347 e. The molecule has 22 heavy (non-hydrogen) atoms. The van der Waals surface area contributed by atoms with Crippen molar-refractivity contribution in [1.82, 2.24) is 10.3 Å². The number of nitrogens with zero attached hydrogens (tertiary/aromatic N) is 1. The van der Waals surface area contributed by atoms with Crippen LogP contribution in [0.15, 0.2) is 48.7 Å². The summed E-state index contributed by atoms with van der Waals surface area (Å²) >= 11 is 0. The van der Waals surface area contributed by atoms with Crippen LogP contribution in [0.4, 0.5) is 0 Å². The lowest BCUT2D eigenvalue weighted by atomic mass is 10.1. The number of quaternary nitrogens is 1. The van der Waals surface area contributed by atoms with Gasteiger partial charge in [-0.3, -0.25) is 9.78 Å². The molecule has 4 heteroatoms. The third kappa shape index (κ3) is 4.67. The summed E-state index contributed by atoms with van der Waals surface area (Å²) in [4.78, 5) is 17.5. The number of aromatic nitrogens is 1. The molecule has 0 aliphatic heterocycles. The lowest BCUT2D eigenvalue weighted by Crippen LogP contribution is -3.10. The highest BCUT2D eigenvalue weighted by atomic mass is 16.1. The highest BCUT2D eigenvalue weighted by Crippen LogP contribution is 2.04. The first-order chi connectivity index (χ1) is 10.7. The zero-order valence-corrected chi connectivity index (χ0v) is 13.3. The third-order valence-corrected chi connectivity index (χ3v) is 3.83. The molecule has 0 spiro atoms. The van der Waals surface area contributed by atoms with E-state index in [4.69, 9.17) is 0 Å². The molecular weight excluding hydrogens is 274 g/mol. The molecule has 0 saturated heterocycles. The lowest BCUT2D eigenvalue weighted by molar-refractivity contribution is -0.910. The van der Waals surface area contributed by atoms with Crippen molar-refractivity contribution in [2.45, 2.75) is 26.9 Å². The highest BCUT2D eigenvalue weighted by Gasteiger charge is 2.07. The van der Waals surface area contributed by atoms with Gasteiger partial charge in [-0.2, -0.15) is 0 Å². The van der Waals surface area contributed by atoms with E-state index < -0.39 is 0 Å². The Kier molecular flexibility index (Phi) is 6.10.